The third-order valence-corrected chi connectivity index (χ3v) is 4.87. The quantitative estimate of drug-likeness (QED) is 0.192. The van der Waals surface area contributed by atoms with Crippen molar-refractivity contribution in [2.45, 2.75) is 0 Å². The number of benzene rings is 2. The Hall–Kier alpha value is -5.18. The highest BCUT2D eigenvalue weighted by molar-refractivity contribution is 5.97. The van der Waals surface area contributed by atoms with Crippen molar-refractivity contribution in [1.82, 2.24) is 0 Å². The number of hydrogen-bond acceptors (Lipinski definition) is 10. The standard InChI is InChI=1S/C23H17N3O9/c1-32-19-11-17(25(28)29)20(21(26(30)31)22(19)33-2)15(12-24)10-16-7-8-18(35-16)13-5-4-6-14(9-13)23(27)34-3/h4-11H,1-3H3. The van der Waals surface area contributed by atoms with Crippen LogP contribution in [0.5, 0.6) is 11.5 Å². The van der Waals surface area contributed by atoms with Crippen LogP contribution in [0.2, 0.25) is 0 Å². The van der Waals surface area contributed by atoms with E-state index in [0.29, 0.717) is 11.3 Å². The fourth-order valence-electron chi connectivity index (χ4n) is 3.35. The lowest BCUT2D eigenvalue weighted by molar-refractivity contribution is -0.395. The minimum absolute atomic E-state index is 0.0819. The van der Waals surface area contributed by atoms with Crippen LogP contribution >= 0.6 is 0 Å². The molecular formula is C23H17N3O9. The summed E-state index contributed by atoms with van der Waals surface area (Å²) < 4.78 is 20.5. The van der Waals surface area contributed by atoms with E-state index in [4.69, 9.17) is 18.6 Å². The number of allylic oxidation sites excluding steroid dienone is 1. The number of nitrogens with zero attached hydrogens (tertiary/aromatic N) is 3. The van der Waals surface area contributed by atoms with Crippen molar-refractivity contribution in [3.05, 3.63) is 79.6 Å². The van der Waals surface area contributed by atoms with Crippen LogP contribution in [-0.4, -0.2) is 37.1 Å². The lowest BCUT2D eigenvalue weighted by atomic mass is 10.00. The molecule has 0 amide bonds. The van der Waals surface area contributed by atoms with E-state index in [1.807, 2.05) is 0 Å². The van der Waals surface area contributed by atoms with Gasteiger partial charge in [-0.25, -0.2) is 4.79 Å². The second-order valence-electron chi connectivity index (χ2n) is 6.81. The van der Waals surface area contributed by atoms with Gasteiger partial charge in [0.15, 0.2) is 11.3 Å². The molecule has 0 spiro atoms. The molecule has 178 valence electrons. The van der Waals surface area contributed by atoms with Gasteiger partial charge in [0.1, 0.15) is 17.6 Å². The first kappa shape index (κ1) is 24.5. The first-order chi connectivity index (χ1) is 16.7. The molecule has 0 radical (unpaired) electrons. The topological polar surface area (TPSA) is 168 Å². The molecule has 2 aromatic carbocycles. The Labute approximate surface area is 197 Å². The Morgan fingerprint density at radius 3 is 2.37 bits per heavy atom. The number of ether oxygens (including phenoxy) is 3. The lowest BCUT2D eigenvalue weighted by Gasteiger charge is -2.11. The zero-order valence-electron chi connectivity index (χ0n) is 18.6. The maximum Gasteiger partial charge on any atom is 0.337 e. The Morgan fingerprint density at radius 2 is 1.80 bits per heavy atom. The first-order valence-corrected chi connectivity index (χ1v) is 9.74. The minimum atomic E-state index is -0.888. The monoisotopic (exact) mass is 479 g/mol. The molecule has 0 atom stereocenters. The van der Waals surface area contributed by atoms with E-state index in [0.717, 1.165) is 19.3 Å². The normalized spacial score (nSPS) is 10.9. The third kappa shape index (κ3) is 4.79. The van der Waals surface area contributed by atoms with Gasteiger partial charge in [-0.2, -0.15) is 5.26 Å². The summed E-state index contributed by atoms with van der Waals surface area (Å²) in [5, 5.41) is 33.4. The van der Waals surface area contributed by atoms with Gasteiger partial charge < -0.3 is 18.6 Å². The number of carbonyl (C=O) groups is 1. The maximum absolute atomic E-state index is 11.9. The molecule has 12 heteroatoms. The molecule has 0 bridgehead atoms. The summed E-state index contributed by atoms with van der Waals surface area (Å²) in [4.78, 5) is 33.6. The number of carbonyl (C=O) groups excluding carboxylic acids is 1. The Kier molecular flexibility index (Phi) is 7.11. The van der Waals surface area contributed by atoms with E-state index in [-0.39, 0.29) is 22.8 Å². The highest BCUT2D eigenvalue weighted by Gasteiger charge is 2.36. The van der Waals surface area contributed by atoms with Gasteiger partial charge in [0.2, 0.25) is 5.75 Å². The zero-order chi connectivity index (χ0) is 25.7. The van der Waals surface area contributed by atoms with Crippen molar-refractivity contribution in [3.63, 3.8) is 0 Å². The molecular weight excluding hydrogens is 462 g/mol. The lowest BCUT2D eigenvalue weighted by Crippen LogP contribution is -2.05. The van der Waals surface area contributed by atoms with Gasteiger partial charge in [0, 0.05) is 5.56 Å². The molecule has 0 aliphatic rings. The highest BCUT2D eigenvalue weighted by Crippen LogP contribution is 2.47. The van der Waals surface area contributed by atoms with Gasteiger partial charge in [-0.3, -0.25) is 20.2 Å². The molecule has 0 N–H and O–H groups in total. The molecule has 0 aliphatic heterocycles. The SMILES string of the molecule is COC(=O)c1cccc(-c2ccc(C=C(C#N)c3c([N+](=O)[O-])cc(OC)c(OC)c3[N+](=O)[O-])o2)c1. The molecule has 0 fully saturated rings. The molecule has 12 nitrogen and oxygen atoms in total. The van der Waals surface area contributed by atoms with Crippen LogP contribution in [0.3, 0.4) is 0 Å². The third-order valence-electron chi connectivity index (χ3n) is 4.87. The second kappa shape index (κ2) is 10.2. The Morgan fingerprint density at radius 1 is 1.06 bits per heavy atom. The summed E-state index contributed by atoms with van der Waals surface area (Å²) in [7, 11) is 3.56. The molecule has 35 heavy (non-hydrogen) atoms. The first-order valence-electron chi connectivity index (χ1n) is 9.74. The fraction of sp³-hybridized carbons (Fsp3) is 0.130. The number of nitro benzene ring substituents is 2. The number of hydrogen-bond donors (Lipinski definition) is 0. The van der Waals surface area contributed by atoms with E-state index >= 15 is 0 Å². The van der Waals surface area contributed by atoms with E-state index < -0.39 is 38.3 Å². The predicted molar refractivity (Wildman–Crippen MR) is 122 cm³/mol. The predicted octanol–water partition coefficient (Wildman–Crippen LogP) is 4.63. The van der Waals surface area contributed by atoms with Crippen molar-refractivity contribution in [2.24, 2.45) is 0 Å². The van der Waals surface area contributed by atoms with Crippen molar-refractivity contribution >= 4 is 29.0 Å². The summed E-state index contributed by atoms with van der Waals surface area (Å²) >= 11 is 0. The van der Waals surface area contributed by atoms with Crippen LogP contribution in [0.25, 0.3) is 23.0 Å². The number of rotatable bonds is 8. The second-order valence-corrected chi connectivity index (χ2v) is 6.81. The number of nitriles is 1. The van der Waals surface area contributed by atoms with Crippen molar-refractivity contribution in [2.75, 3.05) is 21.3 Å². The van der Waals surface area contributed by atoms with E-state index in [1.54, 1.807) is 30.3 Å². The zero-order valence-corrected chi connectivity index (χ0v) is 18.6. The number of methoxy groups -OCH3 is 3. The van der Waals surface area contributed by atoms with Gasteiger partial charge in [-0.1, -0.05) is 12.1 Å². The minimum Gasteiger partial charge on any atom is -0.492 e. The van der Waals surface area contributed by atoms with Gasteiger partial charge in [-0.05, 0) is 30.3 Å². The average Bonchev–Trinajstić information content (AvgIpc) is 3.34. The van der Waals surface area contributed by atoms with E-state index in [1.165, 1.54) is 26.4 Å². The van der Waals surface area contributed by atoms with Crippen LogP contribution in [0, 0.1) is 31.6 Å². The number of esters is 1. The highest BCUT2D eigenvalue weighted by atomic mass is 16.6. The van der Waals surface area contributed by atoms with Crippen LogP contribution < -0.4 is 9.47 Å². The van der Waals surface area contributed by atoms with Crippen LogP contribution in [0.15, 0.2) is 46.9 Å². The summed E-state index contributed by atoms with van der Waals surface area (Å²) in [6.07, 6.45) is 1.13. The summed E-state index contributed by atoms with van der Waals surface area (Å²) in [6.45, 7) is 0. The fourth-order valence-corrected chi connectivity index (χ4v) is 3.35. The number of nitro groups is 2. The molecule has 1 heterocycles. The van der Waals surface area contributed by atoms with Crippen LogP contribution in [-0.2, 0) is 4.74 Å². The largest absolute Gasteiger partial charge is 0.492 e. The Balaban J connectivity index is 2.18. The van der Waals surface area contributed by atoms with Gasteiger partial charge >= 0.3 is 11.7 Å². The summed E-state index contributed by atoms with van der Waals surface area (Å²) in [6, 6.07) is 12.1. The molecule has 0 aliphatic carbocycles. The van der Waals surface area contributed by atoms with Crippen LogP contribution in [0.1, 0.15) is 21.7 Å². The average molecular weight is 479 g/mol. The van der Waals surface area contributed by atoms with Gasteiger partial charge in [0.05, 0.1) is 48.4 Å². The molecule has 0 saturated carbocycles. The molecule has 3 rings (SSSR count). The van der Waals surface area contributed by atoms with Crippen molar-refractivity contribution in [1.29, 1.82) is 5.26 Å². The number of furan rings is 1. The van der Waals surface area contributed by atoms with Crippen molar-refractivity contribution in [3.8, 4) is 28.9 Å². The smallest absolute Gasteiger partial charge is 0.337 e. The Bertz CT molecular complexity index is 1400. The maximum atomic E-state index is 11.9. The summed E-state index contributed by atoms with van der Waals surface area (Å²) in [5.41, 5.74) is -1.69. The van der Waals surface area contributed by atoms with Gasteiger partial charge in [-0.15, -0.1) is 0 Å². The van der Waals surface area contributed by atoms with E-state index in [9.17, 15) is 30.3 Å². The molecule has 0 unspecified atom stereocenters. The molecule has 3 aromatic rings. The summed E-state index contributed by atoms with van der Waals surface area (Å²) in [5.74, 6) is -0.760. The van der Waals surface area contributed by atoms with Crippen molar-refractivity contribution < 1.29 is 33.3 Å². The van der Waals surface area contributed by atoms with E-state index in [2.05, 4.69) is 0 Å². The van der Waals surface area contributed by atoms with Crippen LogP contribution in [0.4, 0.5) is 11.4 Å². The molecule has 0 saturated heterocycles. The van der Waals surface area contributed by atoms with Gasteiger partial charge in [0.25, 0.3) is 5.69 Å². The molecule has 1 aromatic heterocycles.